The fraction of sp³-hybridized carbons (Fsp3) is 0.0500. The van der Waals surface area contributed by atoms with Crippen LogP contribution in [0.1, 0.15) is 15.9 Å². The summed E-state index contributed by atoms with van der Waals surface area (Å²) in [4.78, 5) is 13.6. The van der Waals surface area contributed by atoms with Gasteiger partial charge < -0.3 is 5.32 Å². The van der Waals surface area contributed by atoms with Crippen LogP contribution in [0.15, 0.2) is 70.5 Å². The van der Waals surface area contributed by atoms with Gasteiger partial charge in [-0.25, -0.2) is 8.42 Å². The molecule has 0 saturated heterocycles. The van der Waals surface area contributed by atoms with Crippen molar-refractivity contribution >= 4 is 63.1 Å². The van der Waals surface area contributed by atoms with Crippen LogP contribution in [0, 0.1) is 6.92 Å². The molecule has 0 atom stereocenters. The first kappa shape index (κ1) is 21.5. The second-order valence-corrected chi connectivity index (χ2v) is 9.19. The van der Waals surface area contributed by atoms with Crippen LogP contribution in [0.25, 0.3) is 0 Å². The number of anilines is 2. The van der Waals surface area contributed by atoms with E-state index in [2.05, 4.69) is 22.7 Å². The fourth-order valence-corrected chi connectivity index (χ4v) is 4.14. The highest BCUT2D eigenvalue weighted by atomic mass is 35.5. The molecule has 0 radical (unpaired) electrons. The SMILES string of the molecule is Cc1c(S)cccc1NC(=O)c1cc(Cl)ccc1NS(=O)(=O)c1ccc(Cl)cc1. The molecule has 0 spiro atoms. The molecule has 5 nitrogen and oxygen atoms in total. The minimum atomic E-state index is -3.93. The number of carbonyl (C=O) groups is 1. The summed E-state index contributed by atoms with van der Waals surface area (Å²) in [5, 5.41) is 3.48. The molecule has 150 valence electrons. The lowest BCUT2D eigenvalue weighted by molar-refractivity contribution is 0.102. The highest BCUT2D eigenvalue weighted by Gasteiger charge is 2.20. The Labute approximate surface area is 184 Å². The lowest BCUT2D eigenvalue weighted by atomic mass is 10.1. The Hall–Kier alpha value is -2.19. The molecule has 29 heavy (non-hydrogen) atoms. The number of hydrogen-bond donors (Lipinski definition) is 3. The van der Waals surface area contributed by atoms with Gasteiger partial charge >= 0.3 is 0 Å². The number of rotatable bonds is 5. The zero-order valence-corrected chi connectivity index (χ0v) is 18.3. The highest BCUT2D eigenvalue weighted by Crippen LogP contribution is 2.27. The Bertz CT molecular complexity index is 1180. The van der Waals surface area contributed by atoms with Crippen molar-refractivity contribution in [3.63, 3.8) is 0 Å². The maximum absolute atomic E-state index is 12.9. The van der Waals surface area contributed by atoms with Crippen molar-refractivity contribution in [1.29, 1.82) is 0 Å². The summed E-state index contributed by atoms with van der Waals surface area (Å²) < 4.78 is 27.8. The number of sulfonamides is 1. The number of halogens is 2. The van der Waals surface area contributed by atoms with Crippen molar-refractivity contribution in [3.8, 4) is 0 Å². The topological polar surface area (TPSA) is 75.3 Å². The lowest BCUT2D eigenvalue weighted by Crippen LogP contribution is -2.19. The van der Waals surface area contributed by atoms with E-state index in [1.165, 1.54) is 42.5 Å². The molecule has 3 rings (SSSR count). The number of carbonyl (C=O) groups excluding carboxylic acids is 1. The van der Waals surface area contributed by atoms with E-state index in [1.54, 1.807) is 18.2 Å². The Balaban J connectivity index is 1.94. The molecule has 0 fully saturated rings. The van der Waals surface area contributed by atoms with Crippen LogP contribution in [0.2, 0.25) is 10.0 Å². The van der Waals surface area contributed by atoms with E-state index in [-0.39, 0.29) is 16.1 Å². The average Bonchev–Trinajstić information content (AvgIpc) is 2.67. The summed E-state index contributed by atoms with van der Waals surface area (Å²) in [7, 11) is -3.93. The maximum atomic E-state index is 12.9. The molecule has 3 aromatic carbocycles. The van der Waals surface area contributed by atoms with Crippen LogP contribution in [0.3, 0.4) is 0 Å². The average molecular weight is 467 g/mol. The monoisotopic (exact) mass is 466 g/mol. The second-order valence-electron chi connectivity index (χ2n) is 6.15. The van der Waals surface area contributed by atoms with Crippen molar-refractivity contribution < 1.29 is 13.2 Å². The van der Waals surface area contributed by atoms with Crippen molar-refractivity contribution in [2.24, 2.45) is 0 Å². The second kappa shape index (κ2) is 8.67. The molecule has 0 saturated carbocycles. The van der Waals surface area contributed by atoms with Crippen molar-refractivity contribution in [1.82, 2.24) is 0 Å². The van der Waals surface area contributed by atoms with Gasteiger partial charge in [0.05, 0.1) is 16.1 Å². The molecule has 2 N–H and O–H groups in total. The zero-order chi connectivity index (χ0) is 21.2. The van der Waals surface area contributed by atoms with Crippen LogP contribution in [-0.4, -0.2) is 14.3 Å². The Kier molecular flexibility index (Phi) is 6.43. The Morgan fingerprint density at radius 1 is 0.931 bits per heavy atom. The smallest absolute Gasteiger partial charge is 0.261 e. The Morgan fingerprint density at radius 3 is 2.28 bits per heavy atom. The quantitative estimate of drug-likeness (QED) is 0.425. The van der Waals surface area contributed by atoms with E-state index in [0.717, 1.165) is 10.5 Å². The summed E-state index contributed by atoms with van der Waals surface area (Å²) in [5.74, 6) is -0.511. The van der Waals surface area contributed by atoms with Crippen LogP contribution >= 0.6 is 35.8 Å². The largest absolute Gasteiger partial charge is 0.322 e. The summed E-state index contributed by atoms with van der Waals surface area (Å²) in [6, 6.07) is 15.3. The minimum Gasteiger partial charge on any atom is -0.322 e. The predicted octanol–water partition coefficient (Wildman–Crippen LogP) is 5.64. The lowest BCUT2D eigenvalue weighted by Gasteiger charge is -2.15. The highest BCUT2D eigenvalue weighted by molar-refractivity contribution is 7.92. The van der Waals surface area contributed by atoms with Gasteiger partial charge in [0, 0.05) is 20.6 Å². The summed E-state index contributed by atoms with van der Waals surface area (Å²) in [5.41, 5.74) is 1.53. The first-order valence-corrected chi connectivity index (χ1v) is 11.0. The van der Waals surface area contributed by atoms with Gasteiger partial charge in [-0.1, -0.05) is 29.3 Å². The molecule has 0 aliphatic rings. The van der Waals surface area contributed by atoms with Gasteiger partial charge in [-0.05, 0) is 67.1 Å². The molecule has 0 aliphatic heterocycles. The van der Waals surface area contributed by atoms with Gasteiger partial charge in [-0.2, -0.15) is 0 Å². The van der Waals surface area contributed by atoms with Gasteiger partial charge in [0.25, 0.3) is 15.9 Å². The molecule has 0 heterocycles. The van der Waals surface area contributed by atoms with Crippen LogP contribution in [-0.2, 0) is 10.0 Å². The normalized spacial score (nSPS) is 11.2. The van der Waals surface area contributed by atoms with Crippen LogP contribution in [0.4, 0.5) is 11.4 Å². The third-order valence-electron chi connectivity index (χ3n) is 4.15. The number of amides is 1. The van der Waals surface area contributed by atoms with E-state index < -0.39 is 15.9 Å². The maximum Gasteiger partial charge on any atom is 0.261 e. The number of benzene rings is 3. The zero-order valence-electron chi connectivity index (χ0n) is 15.1. The third kappa shape index (κ3) is 5.05. The van der Waals surface area contributed by atoms with Gasteiger partial charge in [0.1, 0.15) is 0 Å². The van der Waals surface area contributed by atoms with Crippen molar-refractivity contribution in [2.75, 3.05) is 10.0 Å². The van der Waals surface area contributed by atoms with Crippen molar-refractivity contribution in [2.45, 2.75) is 16.7 Å². The summed E-state index contributed by atoms with van der Waals surface area (Å²) >= 11 is 16.2. The van der Waals surface area contributed by atoms with Crippen LogP contribution < -0.4 is 10.0 Å². The van der Waals surface area contributed by atoms with E-state index in [0.29, 0.717) is 15.7 Å². The van der Waals surface area contributed by atoms with Gasteiger partial charge in [0.15, 0.2) is 0 Å². The first-order chi connectivity index (χ1) is 13.7. The van der Waals surface area contributed by atoms with E-state index in [9.17, 15) is 13.2 Å². The molecule has 3 aromatic rings. The number of hydrogen-bond acceptors (Lipinski definition) is 4. The van der Waals surface area contributed by atoms with E-state index >= 15 is 0 Å². The van der Waals surface area contributed by atoms with Gasteiger partial charge in [-0.15, -0.1) is 12.6 Å². The third-order valence-corrected chi connectivity index (χ3v) is 6.50. The van der Waals surface area contributed by atoms with Crippen molar-refractivity contribution in [3.05, 3.63) is 81.8 Å². The van der Waals surface area contributed by atoms with Gasteiger partial charge in [-0.3, -0.25) is 9.52 Å². The first-order valence-electron chi connectivity index (χ1n) is 8.35. The molecule has 0 aromatic heterocycles. The molecule has 0 bridgehead atoms. The standard InChI is InChI=1S/C20H16Cl2N2O3S2/c1-12-17(3-2-4-19(12)28)23-20(25)16-11-14(22)7-10-18(16)24-29(26,27)15-8-5-13(21)6-9-15/h2-11,24,28H,1H3,(H,23,25). The van der Waals surface area contributed by atoms with Gasteiger partial charge in [0.2, 0.25) is 0 Å². The molecular weight excluding hydrogens is 451 g/mol. The van der Waals surface area contributed by atoms with E-state index in [4.69, 9.17) is 23.2 Å². The molecular formula is C20H16Cl2N2O3S2. The minimum absolute atomic E-state index is 0.0156. The Morgan fingerprint density at radius 2 is 1.59 bits per heavy atom. The molecule has 0 aliphatic carbocycles. The van der Waals surface area contributed by atoms with Crippen LogP contribution in [0.5, 0.6) is 0 Å². The number of nitrogens with one attached hydrogen (secondary N) is 2. The molecule has 0 unspecified atom stereocenters. The number of thiol groups is 1. The summed E-state index contributed by atoms with van der Waals surface area (Å²) in [6.45, 7) is 1.82. The molecule has 9 heteroatoms. The fourth-order valence-electron chi connectivity index (χ4n) is 2.56. The van der Waals surface area contributed by atoms with E-state index in [1.807, 2.05) is 6.92 Å². The predicted molar refractivity (Wildman–Crippen MR) is 120 cm³/mol. The summed E-state index contributed by atoms with van der Waals surface area (Å²) in [6.07, 6.45) is 0. The molecule has 1 amide bonds.